The lowest BCUT2D eigenvalue weighted by Crippen LogP contribution is -2.38. The van der Waals surface area contributed by atoms with Gasteiger partial charge < -0.3 is 14.8 Å². The molecule has 2 amide bonds. The van der Waals surface area contributed by atoms with Crippen molar-refractivity contribution in [2.45, 2.75) is 53.1 Å². The average Bonchev–Trinajstić information content (AvgIpc) is 3.64. The standard InChI is InChI=1S/C32H33N7O4S/c1-18(41)37-9-10-39-20(16-37)12-27(35-39)34-25-11-19(15-36(4)30(25)42)21-5-7-33-29(24(21)17-40)38-8-6-22-23-13-32(2,3)14-26(23)44-28(22)31(38)43/h5,7,11-12,15,17H,6,8-10,13-14,16H2,1-4H3,(H,34,35). The van der Waals surface area contributed by atoms with E-state index in [1.54, 1.807) is 59.6 Å². The number of thiophene rings is 1. The Bertz CT molecular complexity index is 1930. The summed E-state index contributed by atoms with van der Waals surface area (Å²) < 4.78 is 3.28. The fourth-order valence-electron chi connectivity index (χ4n) is 6.69. The summed E-state index contributed by atoms with van der Waals surface area (Å²) in [6.45, 7) is 8.12. The van der Waals surface area contributed by atoms with Gasteiger partial charge in [0.1, 0.15) is 11.5 Å². The lowest BCUT2D eigenvalue weighted by Gasteiger charge is -2.28. The van der Waals surface area contributed by atoms with E-state index in [4.69, 9.17) is 0 Å². The van der Waals surface area contributed by atoms with Gasteiger partial charge in [-0.2, -0.15) is 5.10 Å². The summed E-state index contributed by atoms with van der Waals surface area (Å²) in [6, 6.07) is 5.25. The van der Waals surface area contributed by atoms with Crippen molar-refractivity contribution in [2.75, 3.05) is 23.3 Å². The molecular formula is C32H33N7O4S. The minimum absolute atomic E-state index is 0.00558. The third-order valence-corrected chi connectivity index (χ3v) is 10.1. The number of amides is 2. The lowest BCUT2D eigenvalue weighted by atomic mass is 9.89. The van der Waals surface area contributed by atoms with Crippen LogP contribution in [0.2, 0.25) is 0 Å². The van der Waals surface area contributed by atoms with Crippen molar-refractivity contribution in [1.29, 1.82) is 0 Å². The fourth-order valence-corrected chi connectivity index (χ4v) is 8.26. The van der Waals surface area contributed by atoms with Crippen molar-refractivity contribution in [3.05, 3.63) is 73.1 Å². The molecule has 12 heteroatoms. The second kappa shape index (κ2) is 10.3. The molecule has 0 spiro atoms. The van der Waals surface area contributed by atoms with Crippen LogP contribution in [0.25, 0.3) is 11.1 Å². The molecule has 4 aromatic rings. The zero-order valence-electron chi connectivity index (χ0n) is 25.1. The largest absolute Gasteiger partial charge is 0.335 e. The second-order valence-corrected chi connectivity index (χ2v) is 13.7. The van der Waals surface area contributed by atoms with E-state index in [-0.39, 0.29) is 28.5 Å². The maximum atomic E-state index is 13.8. The molecule has 226 valence electrons. The van der Waals surface area contributed by atoms with E-state index < -0.39 is 0 Å². The highest BCUT2D eigenvalue weighted by atomic mass is 32.1. The van der Waals surface area contributed by atoms with Crippen LogP contribution in [0.3, 0.4) is 0 Å². The van der Waals surface area contributed by atoms with Gasteiger partial charge in [-0.25, -0.2) is 4.98 Å². The number of carbonyl (C=O) groups excluding carboxylic acids is 3. The maximum Gasteiger partial charge on any atom is 0.274 e. The minimum Gasteiger partial charge on any atom is -0.335 e. The molecule has 0 atom stereocenters. The number of rotatable bonds is 5. The van der Waals surface area contributed by atoms with Crippen molar-refractivity contribution in [1.82, 2.24) is 24.2 Å². The topological polar surface area (TPSA) is 122 Å². The summed E-state index contributed by atoms with van der Waals surface area (Å²) in [5.41, 5.74) is 5.08. The van der Waals surface area contributed by atoms with Crippen molar-refractivity contribution < 1.29 is 14.4 Å². The summed E-state index contributed by atoms with van der Waals surface area (Å²) in [7, 11) is 1.65. The summed E-state index contributed by atoms with van der Waals surface area (Å²) in [6.07, 6.45) is 6.68. The van der Waals surface area contributed by atoms with Gasteiger partial charge in [0.15, 0.2) is 12.1 Å². The Morgan fingerprint density at radius 2 is 1.93 bits per heavy atom. The number of pyridine rings is 2. The molecule has 11 nitrogen and oxygen atoms in total. The molecule has 7 rings (SSSR count). The van der Waals surface area contributed by atoms with Crippen LogP contribution in [0.1, 0.15) is 62.5 Å². The fraction of sp³-hybridized carbons (Fsp3) is 0.375. The van der Waals surface area contributed by atoms with E-state index in [1.807, 2.05) is 10.7 Å². The zero-order chi connectivity index (χ0) is 30.9. The Morgan fingerprint density at radius 3 is 2.70 bits per heavy atom. The Labute approximate surface area is 258 Å². The van der Waals surface area contributed by atoms with E-state index in [0.717, 1.165) is 41.7 Å². The number of hydrogen-bond donors (Lipinski definition) is 1. The molecule has 1 aliphatic carbocycles. The van der Waals surface area contributed by atoms with Gasteiger partial charge in [-0.05, 0) is 53.5 Å². The third-order valence-electron chi connectivity index (χ3n) is 8.86. The molecule has 2 aliphatic heterocycles. The zero-order valence-corrected chi connectivity index (χ0v) is 26.0. The number of aromatic nitrogens is 4. The van der Waals surface area contributed by atoms with Crippen molar-refractivity contribution in [3.8, 4) is 11.1 Å². The number of carbonyl (C=O) groups is 3. The highest BCUT2D eigenvalue weighted by molar-refractivity contribution is 7.14. The molecule has 0 unspecified atom stereocenters. The molecular weight excluding hydrogens is 578 g/mol. The van der Waals surface area contributed by atoms with Gasteiger partial charge in [0, 0.05) is 56.0 Å². The first kappa shape index (κ1) is 28.2. The van der Waals surface area contributed by atoms with Crippen LogP contribution in [0.15, 0.2) is 35.4 Å². The summed E-state index contributed by atoms with van der Waals surface area (Å²) in [5, 5.41) is 7.73. The van der Waals surface area contributed by atoms with Crippen molar-refractivity contribution in [2.24, 2.45) is 12.5 Å². The number of nitrogens with one attached hydrogen (secondary N) is 1. The van der Waals surface area contributed by atoms with E-state index in [9.17, 15) is 19.2 Å². The van der Waals surface area contributed by atoms with Gasteiger partial charge in [-0.15, -0.1) is 11.3 Å². The molecule has 0 saturated heterocycles. The predicted molar refractivity (Wildman–Crippen MR) is 168 cm³/mol. The number of hydrogen-bond acceptors (Lipinski definition) is 8. The SMILES string of the molecule is CC(=O)N1CCn2nc(Nc3cc(-c4ccnc(N5CCc6c(sc7c6CC(C)(C)C7)C5=O)c4C=O)cn(C)c3=O)cc2C1. The van der Waals surface area contributed by atoms with Gasteiger partial charge in [-0.1, -0.05) is 13.8 Å². The number of fused-ring (bicyclic) bond motifs is 4. The quantitative estimate of drug-likeness (QED) is 0.339. The highest BCUT2D eigenvalue weighted by Gasteiger charge is 2.39. The molecule has 4 aromatic heterocycles. The number of aldehydes is 1. The highest BCUT2D eigenvalue weighted by Crippen LogP contribution is 2.46. The van der Waals surface area contributed by atoms with E-state index in [1.165, 1.54) is 15.0 Å². The van der Waals surface area contributed by atoms with E-state index in [0.29, 0.717) is 54.5 Å². The Kier molecular flexibility index (Phi) is 6.58. The van der Waals surface area contributed by atoms with Crippen molar-refractivity contribution >= 4 is 46.8 Å². The first-order valence-corrected chi connectivity index (χ1v) is 15.5. The second-order valence-electron chi connectivity index (χ2n) is 12.6. The van der Waals surface area contributed by atoms with Gasteiger partial charge >= 0.3 is 0 Å². The molecule has 0 radical (unpaired) electrons. The van der Waals surface area contributed by atoms with E-state index in [2.05, 4.69) is 29.2 Å². The predicted octanol–water partition coefficient (Wildman–Crippen LogP) is 3.95. The molecule has 0 saturated carbocycles. The van der Waals surface area contributed by atoms with Crippen LogP contribution in [0.4, 0.5) is 17.3 Å². The van der Waals surface area contributed by atoms with Crippen molar-refractivity contribution in [3.63, 3.8) is 0 Å². The maximum absolute atomic E-state index is 13.8. The molecule has 0 fully saturated rings. The molecule has 3 aliphatic rings. The normalized spacial score (nSPS) is 16.9. The van der Waals surface area contributed by atoms with Gasteiger partial charge in [0.25, 0.3) is 11.5 Å². The first-order valence-electron chi connectivity index (χ1n) is 14.7. The summed E-state index contributed by atoms with van der Waals surface area (Å²) >= 11 is 1.58. The third kappa shape index (κ3) is 4.64. The lowest BCUT2D eigenvalue weighted by molar-refractivity contribution is -0.130. The van der Waals surface area contributed by atoms with Crippen LogP contribution in [0, 0.1) is 5.41 Å². The summed E-state index contributed by atoms with van der Waals surface area (Å²) in [5.74, 6) is 0.700. The Morgan fingerprint density at radius 1 is 1.11 bits per heavy atom. The van der Waals surface area contributed by atoms with Crippen LogP contribution < -0.4 is 15.8 Å². The number of aryl methyl sites for hydroxylation is 1. The average molecular weight is 612 g/mol. The molecule has 0 bridgehead atoms. The molecule has 44 heavy (non-hydrogen) atoms. The minimum atomic E-state index is -0.264. The number of anilines is 3. The smallest absolute Gasteiger partial charge is 0.274 e. The van der Waals surface area contributed by atoms with Crippen LogP contribution in [0.5, 0.6) is 0 Å². The molecule has 0 aromatic carbocycles. The van der Waals surface area contributed by atoms with Gasteiger partial charge in [0.2, 0.25) is 5.91 Å². The van der Waals surface area contributed by atoms with Gasteiger partial charge in [-0.3, -0.25) is 28.8 Å². The van der Waals surface area contributed by atoms with E-state index >= 15 is 0 Å². The Hall–Kier alpha value is -4.58. The summed E-state index contributed by atoms with van der Waals surface area (Å²) in [4.78, 5) is 61.3. The first-order chi connectivity index (χ1) is 21.0. The van der Waals surface area contributed by atoms with Crippen LogP contribution in [-0.2, 0) is 44.2 Å². The molecule has 1 N–H and O–H groups in total. The Balaban J connectivity index is 1.21. The monoisotopic (exact) mass is 611 g/mol. The number of nitrogens with zero attached hydrogens (tertiary/aromatic N) is 6. The van der Waals surface area contributed by atoms with Gasteiger partial charge in [0.05, 0.1) is 29.2 Å². The molecule has 6 heterocycles. The van der Waals surface area contributed by atoms with Crippen LogP contribution >= 0.6 is 11.3 Å². The van der Waals surface area contributed by atoms with Crippen LogP contribution in [-0.4, -0.2) is 55.4 Å².